The molecule has 0 unspecified atom stereocenters. The molecule has 3 aromatic rings. The van der Waals surface area contributed by atoms with Gasteiger partial charge in [-0.15, -0.1) is 0 Å². The van der Waals surface area contributed by atoms with Crippen LogP contribution in [0, 0.1) is 11.3 Å². The van der Waals surface area contributed by atoms with E-state index in [1.165, 1.54) is 13.1 Å². The highest BCUT2D eigenvalue weighted by atomic mass is 79.9. The van der Waals surface area contributed by atoms with Crippen LogP contribution in [-0.4, -0.2) is 35.9 Å². The summed E-state index contributed by atoms with van der Waals surface area (Å²) in [5.41, 5.74) is 1.70. The molecule has 174 valence electrons. The van der Waals surface area contributed by atoms with Crippen molar-refractivity contribution in [2.75, 3.05) is 12.4 Å². The monoisotopic (exact) mass is 521 g/mol. The molecule has 2 atom stereocenters. The highest BCUT2D eigenvalue weighted by Gasteiger charge is 2.29. The van der Waals surface area contributed by atoms with E-state index in [-0.39, 0.29) is 29.5 Å². The molecule has 0 saturated heterocycles. The van der Waals surface area contributed by atoms with Gasteiger partial charge in [0.15, 0.2) is 0 Å². The van der Waals surface area contributed by atoms with E-state index in [0.717, 1.165) is 25.7 Å². The number of hydrogen-bond acceptors (Lipinski definition) is 5. The lowest BCUT2D eigenvalue weighted by Crippen LogP contribution is -2.49. The summed E-state index contributed by atoms with van der Waals surface area (Å²) in [6.45, 7) is 0. The second-order valence-electron chi connectivity index (χ2n) is 8.27. The largest absolute Gasteiger partial charge is 0.379 e. The molecule has 34 heavy (non-hydrogen) atoms. The van der Waals surface area contributed by atoms with Crippen LogP contribution in [-0.2, 0) is 0 Å². The number of para-hydroxylation sites is 1. The molecule has 9 heteroatoms. The number of halogens is 1. The van der Waals surface area contributed by atoms with Crippen LogP contribution >= 0.6 is 15.9 Å². The van der Waals surface area contributed by atoms with E-state index >= 15 is 0 Å². The number of pyridine rings is 1. The molecule has 4 N–H and O–H groups in total. The van der Waals surface area contributed by atoms with Crippen molar-refractivity contribution in [1.82, 2.24) is 15.6 Å². The van der Waals surface area contributed by atoms with Gasteiger partial charge in [-0.2, -0.15) is 5.26 Å². The minimum atomic E-state index is -0.342. The van der Waals surface area contributed by atoms with Gasteiger partial charge < -0.3 is 20.9 Å². The SMILES string of the molecule is CNC(=O)c1cc(Br)cc(C#N)c1N[C@@H]1CCCC[C@@H]1NC(=O)c1cc(=O)[nH]c2ccccc12. The van der Waals surface area contributed by atoms with Crippen LogP contribution in [0.15, 0.2) is 51.7 Å². The number of nitrogens with one attached hydrogen (secondary N) is 4. The standard InChI is InChI=1S/C25H24BrN5O3/c1-28-24(33)18-11-15(26)10-14(13-27)23(18)30-20-8-4-5-9-21(20)31-25(34)17-12-22(32)29-19-7-3-2-6-16(17)19/h2-3,6-7,10-12,20-21,30H,4-5,8-9H2,1H3,(H,28,33)(H,29,32)(H,31,34)/t20-,21+/m1/s1. The van der Waals surface area contributed by atoms with Gasteiger partial charge in [-0.1, -0.05) is 47.0 Å². The number of nitrogens with zero attached hydrogens (tertiary/aromatic N) is 1. The predicted molar refractivity (Wildman–Crippen MR) is 134 cm³/mol. The fraction of sp³-hybridized carbons (Fsp3) is 0.280. The van der Waals surface area contributed by atoms with Gasteiger partial charge in [-0.3, -0.25) is 14.4 Å². The number of H-pyrrole nitrogens is 1. The first-order chi connectivity index (χ1) is 16.4. The third kappa shape index (κ3) is 4.82. The average Bonchev–Trinajstić information content (AvgIpc) is 2.84. The van der Waals surface area contributed by atoms with Crippen molar-refractivity contribution in [1.29, 1.82) is 5.26 Å². The molecule has 0 spiro atoms. The van der Waals surface area contributed by atoms with Crippen molar-refractivity contribution in [2.45, 2.75) is 37.8 Å². The number of fused-ring (bicyclic) bond motifs is 1. The van der Waals surface area contributed by atoms with Gasteiger partial charge >= 0.3 is 0 Å². The molecule has 1 fully saturated rings. The maximum atomic E-state index is 13.3. The summed E-state index contributed by atoms with van der Waals surface area (Å²) in [5.74, 6) is -0.643. The zero-order valence-corrected chi connectivity index (χ0v) is 20.2. The van der Waals surface area contributed by atoms with E-state index in [1.54, 1.807) is 30.3 Å². The molecule has 1 saturated carbocycles. The van der Waals surface area contributed by atoms with Crippen molar-refractivity contribution in [2.24, 2.45) is 0 Å². The number of carbonyl (C=O) groups is 2. The second kappa shape index (κ2) is 10.1. The Kier molecular flexibility index (Phi) is 6.98. The summed E-state index contributed by atoms with van der Waals surface area (Å²) in [5, 5.41) is 19.4. The predicted octanol–water partition coefficient (Wildman–Crippen LogP) is 3.67. The summed E-state index contributed by atoms with van der Waals surface area (Å²) in [6, 6.07) is 13.5. The lowest BCUT2D eigenvalue weighted by Gasteiger charge is -2.34. The molecule has 0 radical (unpaired) electrons. The maximum absolute atomic E-state index is 13.3. The fourth-order valence-corrected chi connectivity index (χ4v) is 4.92. The number of amides is 2. The van der Waals surface area contributed by atoms with Crippen molar-refractivity contribution >= 4 is 44.3 Å². The van der Waals surface area contributed by atoms with Crippen molar-refractivity contribution in [3.05, 3.63) is 74.0 Å². The minimum absolute atomic E-state index is 0.192. The van der Waals surface area contributed by atoms with Crippen molar-refractivity contribution in [3.8, 4) is 6.07 Å². The number of rotatable bonds is 5. The van der Waals surface area contributed by atoms with Gasteiger partial charge in [-0.05, 0) is 31.0 Å². The summed E-state index contributed by atoms with van der Waals surface area (Å²) >= 11 is 3.36. The average molecular weight is 522 g/mol. The number of anilines is 1. The first-order valence-electron chi connectivity index (χ1n) is 11.1. The Balaban J connectivity index is 1.64. The van der Waals surface area contributed by atoms with Crippen LogP contribution in [0.25, 0.3) is 10.9 Å². The van der Waals surface area contributed by atoms with Crippen LogP contribution in [0.1, 0.15) is 52.0 Å². The summed E-state index contributed by atoms with van der Waals surface area (Å²) in [4.78, 5) is 40.6. The number of benzene rings is 2. The Morgan fingerprint density at radius 3 is 2.53 bits per heavy atom. The molecule has 8 nitrogen and oxygen atoms in total. The third-order valence-electron chi connectivity index (χ3n) is 6.10. The van der Waals surface area contributed by atoms with E-state index in [9.17, 15) is 19.6 Å². The highest BCUT2D eigenvalue weighted by Crippen LogP contribution is 2.30. The van der Waals surface area contributed by atoms with Gasteiger partial charge in [0, 0.05) is 40.6 Å². The number of aromatic amines is 1. The molecule has 0 bridgehead atoms. The van der Waals surface area contributed by atoms with E-state index in [0.29, 0.717) is 37.8 Å². The van der Waals surface area contributed by atoms with E-state index in [1.807, 2.05) is 6.07 Å². The topological polar surface area (TPSA) is 127 Å². The van der Waals surface area contributed by atoms with Gasteiger partial charge in [-0.25, -0.2) is 0 Å². The Hall–Kier alpha value is -3.64. The Bertz CT molecular complexity index is 1360. The fourth-order valence-electron chi connectivity index (χ4n) is 4.46. The zero-order chi connectivity index (χ0) is 24.2. The van der Waals surface area contributed by atoms with Gasteiger partial charge in [0.25, 0.3) is 11.8 Å². The first-order valence-corrected chi connectivity index (χ1v) is 11.9. The molecular formula is C25H24BrN5O3. The summed E-state index contributed by atoms with van der Waals surface area (Å²) in [6.07, 6.45) is 3.38. The number of nitriles is 1. The first kappa shape index (κ1) is 23.5. The number of carbonyl (C=O) groups excluding carboxylic acids is 2. The van der Waals surface area contributed by atoms with E-state index < -0.39 is 0 Å². The summed E-state index contributed by atoms with van der Waals surface area (Å²) < 4.78 is 0.628. The Morgan fingerprint density at radius 2 is 1.79 bits per heavy atom. The second-order valence-corrected chi connectivity index (χ2v) is 9.19. The van der Waals surface area contributed by atoms with Crippen LogP contribution in [0.3, 0.4) is 0 Å². The van der Waals surface area contributed by atoms with Crippen LogP contribution < -0.4 is 21.5 Å². The highest BCUT2D eigenvalue weighted by molar-refractivity contribution is 9.10. The van der Waals surface area contributed by atoms with Gasteiger partial charge in [0.2, 0.25) is 5.56 Å². The quantitative estimate of drug-likeness (QED) is 0.407. The molecule has 1 aromatic heterocycles. The smallest absolute Gasteiger partial charge is 0.253 e. The zero-order valence-electron chi connectivity index (χ0n) is 18.6. The van der Waals surface area contributed by atoms with Gasteiger partial charge in [0.05, 0.1) is 22.4 Å². The van der Waals surface area contributed by atoms with Crippen LogP contribution in [0.5, 0.6) is 0 Å². The van der Waals surface area contributed by atoms with Crippen LogP contribution in [0.4, 0.5) is 5.69 Å². The van der Waals surface area contributed by atoms with Crippen LogP contribution in [0.2, 0.25) is 0 Å². The number of hydrogen-bond donors (Lipinski definition) is 4. The minimum Gasteiger partial charge on any atom is -0.379 e. The molecular weight excluding hydrogens is 498 g/mol. The lowest BCUT2D eigenvalue weighted by atomic mass is 9.89. The molecule has 1 heterocycles. The van der Waals surface area contributed by atoms with E-state index in [4.69, 9.17) is 0 Å². The Morgan fingerprint density at radius 1 is 1.06 bits per heavy atom. The summed E-state index contributed by atoms with van der Waals surface area (Å²) in [7, 11) is 1.54. The molecule has 1 aliphatic rings. The molecule has 2 amide bonds. The molecule has 4 rings (SSSR count). The molecule has 2 aromatic carbocycles. The normalized spacial score (nSPS) is 17.6. The third-order valence-corrected chi connectivity index (χ3v) is 6.56. The van der Waals surface area contributed by atoms with Gasteiger partial charge in [0.1, 0.15) is 6.07 Å². The van der Waals surface area contributed by atoms with Crippen molar-refractivity contribution in [3.63, 3.8) is 0 Å². The Labute approximate surface area is 204 Å². The number of aromatic nitrogens is 1. The molecule has 0 aliphatic heterocycles. The molecule has 1 aliphatic carbocycles. The maximum Gasteiger partial charge on any atom is 0.253 e. The van der Waals surface area contributed by atoms with Crippen molar-refractivity contribution < 1.29 is 9.59 Å². The van der Waals surface area contributed by atoms with E-state index in [2.05, 4.69) is 42.9 Å². The lowest BCUT2D eigenvalue weighted by molar-refractivity contribution is 0.0922.